The lowest BCUT2D eigenvalue weighted by atomic mass is 10.1. The highest BCUT2D eigenvalue weighted by molar-refractivity contribution is 9.11. The zero-order valence-corrected chi connectivity index (χ0v) is 13.7. The van der Waals surface area contributed by atoms with Crippen molar-refractivity contribution in [2.24, 2.45) is 0 Å². The van der Waals surface area contributed by atoms with Crippen LogP contribution in [-0.2, 0) is 6.54 Å². The molecule has 1 aliphatic rings. The van der Waals surface area contributed by atoms with Crippen molar-refractivity contribution >= 4 is 27.3 Å². The van der Waals surface area contributed by atoms with Crippen LogP contribution >= 0.6 is 27.3 Å². The van der Waals surface area contributed by atoms with Gasteiger partial charge in [-0.15, -0.1) is 21.5 Å². The molecular weight excluding hydrogens is 340 g/mol. The molecule has 1 aliphatic heterocycles. The van der Waals surface area contributed by atoms with Gasteiger partial charge in [0.05, 0.1) is 15.2 Å². The number of hydrogen-bond acceptors (Lipinski definition) is 6. The Labute approximate surface area is 130 Å². The second kappa shape index (κ2) is 6.34. The van der Waals surface area contributed by atoms with Crippen molar-refractivity contribution in [2.45, 2.75) is 25.9 Å². The summed E-state index contributed by atoms with van der Waals surface area (Å²) < 4.78 is 6.85. The van der Waals surface area contributed by atoms with Gasteiger partial charge in [0, 0.05) is 19.1 Å². The topological polar surface area (TPSA) is 54.2 Å². The third kappa shape index (κ3) is 3.11. The van der Waals surface area contributed by atoms with Gasteiger partial charge in [0.2, 0.25) is 5.89 Å². The lowest BCUT2D eigenvalue weighted by Crippen LogP contribution is -2.57. The van der Waals surface area contributed by atoms with E-state index in [-0.39, 0.29) is 0 Å². The molecule has 0 atom stereocenters. The number of rotatable bonds is 6. The third-order valence-corrected chi connectivity index (χ3v) is 4.99. The average Bonchev–Trinajstić information content (AvgIpc) is 2.96. The lowest BCUT2D eigenvalue weighted by Gasteiger charge is -2.37. The van der Waals surface area contributed by atoms with E-state index < -0.39 is 0 Å². The summed E-state index contributed by atoms with van der Waals surface area (Å²) in [6.07, 6.45) is 1.13. The van der Waals surface area contributed by atoms with Crippen molar-refractivity contribution in [1.82, 2.24) is 20.4 Å². The van der Waals surface area contributed by atoms with Crippen LogP contribution in [0.5, 0.6) is 0 Å². The van der Waals surface area contributed by atoms with Gasteiger partial charge in [0.1, 0.15) is 0 Å². The molecule has 20 heavy (non-hydrogen) atoms. The van der Waals surface area contributed by atoms with Crippen molar-refractivity contribution in [2.75, 3.05) is 19.6 Å². The largest absolute Gasteiger partial charge is 0.419 e. The first-order valence-electron chi connectivity index (χ1n) is 6.79. The van der Waals surface area contributed by atoms with Crippen LogP contribution in [0.4, 0.5) is 0 Å². The maximum Gasteiger partial charge on any atom is 0.257 e. The number of nitrogens with one attached hydrogen (secondary N) is 1. The second-order valence-corrected chi connectivity index (χ2v) is 7.35. The van der Waals surface area contributed by atoms with E-state index in [2.05, 4.69) is 43.3 Å². The van der Waals surface area contributed by atoms with Gasteiger partial charge in [-0.2, -0.15) is 0 Å². The molecule has 0 aromatic carbocycles. The predicted molar refractivity (Wildman–Crippen MR) is 82.7 cm³/mol. The molecule has 3 rings (SSSR count). The Morgan fingerprint density at radius 1 is 1.45 bits per heavy atom. The van der Waals surface area contributed by atoms with Crippen LogP contribution in [0.25, 0.3) is 10.8 Å². The van der Waals surface area contributed by atoms with E-state index in [1.54, 1.807) is 11.3 Å². The molecule has 108 valence electrons. The molecular formula is C13H17BrN4OS. The number of halogens is 1. The van der Waals surface area contributed by atoms with E-state index in [0.717, 1.165) is 41.3 Å². The average molecular weight is 357 g/mol. The Kier molecular flexibility index (Phi) is 4.50. The summed E-state index contributed by atoms with van der Waals surface area (Å²) in [5.74, 6) is 1.31. The van der Waals surface area contributed by atoms with Crippen molar-refractivity contribution in [3.63, 3.8) is 0 Å². The molecule has 7 heteroatoms. The highest BCUT2D eigenvalue weighted by atomic mass is 79.9. The fourth-order valence-electron chi connectivity index (χ4n) is 2.23. The van der Waals surface area contributed by atoms with Crippen molar-refractivity contribution < 1.29 is 4.42 Å². The first-order valence-corrected chi connectivity index (χ1v) is 8.40. The number of thiophene rings is 1. The van der Waals surface area contributed by atoms with Crippen molar-refractivity contribution in [1.29, 1.82) is 0 Å². The second-order valence-electron chi connectivity index (χ2n) is 4.89. The van der Waals surface area contributed by atoms with Crippen LogP contribution in [0.3, 0.4) is 0 Å². The Morgan fingerprint density at radius 2 is 2.30 bits per heavy atom. The molecule has 1 N–H and O–H groups in total. The molecule has 0 bridgehead atoms. The number of hydrogen-bond donors (Lipinski definition) is 1. The molecule has 1 saturated heterocycles. The predicted octanol–water partition coefficient (Wildman–Crippen LogP) is 2.74. The van der Waals surface area contributed by atoms with Crippen LogP contribution in [0, 0.1) is 0 Å². The third-order valence-electron chi connectivity index (χ3n) is 3.38. The smallest absolute Gasteiger partial charge is 0.257 e. The molecule has 0 aliphatic carbocycles. The fraction of sp³-hybridized carbons (Fsp3) is 0.538. The van der Waals surface area contributed by atoms with Gasteiger partial charge < -0.3 is 9.73 Å². The monoisotopic (exact) mass is 356 g/mol. The van der Waals surface area contributed by atoms with E-state index in [1.807, 2.05) is 12.1 Å². The lowest BCUT2D eigenvalue weighted by molar-refractivity contribution is 0.126. The summed E-state index contributed by atoms with van der Waals surface area (Å²) in [7, 11) is 0. The van der Waals surface area contributed by atoms with E-state index in [4.69, 9.17) is 4.42 Å². The van der Waals surface area contributed by atoms with E-state index in [1.165, 1.54) is 0 Å². The summed E-state index contributed by atoms with van der Waals surface area (Å²) in [5, 5.41) is 11.6. The van der Waals surface area contributed by atoms with Crippen molar-refractivity contribution in [3.8, 4) is 10.8 Å². The molecule has 5 nitrogen and oxygen atoms in total. The van der Waals surface area contributed by atoms with Gasteiger partial charge in [0.25, 0.3) is 5.89 Å². The molecule has 2 aromatic rings. The maximum absolute atomic E-state index is 5.78. The molecule has 3 heterocycles. The molecule has 0 spiro atoms. The van der Waals surface area contributed by atoms with Gasteiger partial charge in [0.15, 0.2) is 0 Å². The van der Waals surface area contributed by atoms with Gasteiger partial charge >= 0.3 is 0 Å². The van der Waals surface area contributed by atoms with Crippen molar-refractivity contribution in [3.05, 3.63) is 21.8 Å². The Bertz CT molecular complexity index is 566. The molecule has 0 unspecified atom stereocenters. The summed E-state index contributed by atoms with van der Waals surface area (Å²) in [6.45, 7) is 6.10. The minimum absolute atomic E-state index is 0.598. The highest BCUT2D eigenvalue weighted by Crippen LogP contribution is 2.30. The van der Waals surface area contributed by atoms with Crippen LogP contribution in [0.1, 0.15) is 19.2 Å². The first kappa shape index (κ1) is 14.2. The maximum atomic E-state index is 5.78. The van der Waals surface area contributed by atoms with E-state index in [0.29, 0.717) is 17.8 Å². The Hall–Kier alpha value is -0.760. The molecule has 0 saturated carbocycles. The number of nitrogens with zero attached hydrogens (tertiary/aromatic N) is 3. The summed E-state index contributed by atoms with van der Waals surface area (Å²) >= 11 is 5.05. The minimum Gasteiger partial charge on any atom is -0.419 e. The minimum atomic E-state index is 0.598. The van der Waals surface area contributed by atoms with E-state index in [9.17, 15) is 0 Å². The Morgan fingerprint density at radius 3 is 2.90 bits per heavy atom. The normalized spacial score (nSPS) is 15.8. The number of aromatic nitrogens is 2. The van der Waals surface area contributed by atoms with Gasteiger partial charge in [-0.05, 0) is 41.0 Å². The van der Waals surface area contributed by atoms with Crippen LogP contribution < -0.4 is 5.32 Å². The van der Waals surface area contributed by atoms with E-state index >= 15 is 0 Å². The molecule has 1 fully saturated rings. The molecule has 2 aromatic heterocycles. The van der Waals surface area contributed by atoms with Crippen LogP contribution in [-0.4, -0.2) is 40.8 Å². The summed E-state index contributed by atoms with van der Waals surface area (Å²) in [5.41, 5.74) is 0. The van der Waals surface area contributed by atoms with Crippen LogP contribution in [0.2, 0.25) is 0 Å². The fourth-order valence-corrected chi connectivity index (χ4v) is 3.54. The Balaban J connectivity index is 1.69. The summed E-state index contributed by atoms with van der Waals surface area (Å²) in [6, 6.07) is 4.58. The SMILES string of the molecule is CCCN(Cc1nnc(-c2ccc(Br)s2)o1)C1CNC1. The molecule has 0 radical (unpaired) electrons. The standard InChI is InChI=1S/C13H17BrN4OS/c1-2-5-18(9-6-15-7-9)8-12-16-17-13(19-12)10-3-4-11(14)20-10/h3-4,9,15H,2,5-8H2,1H3. The van der Waals surface area contributed by atoms with Gasteiger partial charge in [-0.3, -0.25) is 4.90 Å². The van der Waals surface area contributed by atoms with Gasteiger partial charge in [-0.25, -0.2) is 0 Å². The van der Waals surface area contributed by atoms with Gasteiger partial charge in [-0.1, -0.05) is 6.92 Å². The van der Waals surface area contributed by atoms with Crippen LogP contribution in [0.15, 0.2) is 20.3 Å². The highest BCUT2D eigenvalue weighted by Gasteiger charge is 2.25. The first-order chi connectivity index (χ1) is 9.76. The quantitative estimate of drug-likeness (QED) is 0.862. The zero-order valence-electron chi connectivity index (χ0n) is 11.3. The zero-order chi connectivity index (χ0) is 13.9. The molecule has 0 amide bonds. The summed E-state index contributed by atoms with van der Waals surface area (Å²) in [4.78, 5) is 3.42.